The van der Waals surface area contributed by atoms with Gasteiger partial charge >= 0.3 is 5.97 Å². The van der Waals surface area contributed by atoms with Gasteiger partial charge in [0.05, 0.1) is 18.0 Å². The SMILES string of the molecule is CCOC(=O)CCCO/N=C1\CC(c2ccccc2-c2ccccc2)Cc2nc(N)ncc21. The van der Waals surface area contributed by atoms with Crippen LogP contribution in [0, 0.1) is 0 Å². The Morgan fingerprint density at radius 1 is 1.09 bits per heavy atom. The summed E-state index contributed by atoms with van der Waals surface area (Å²) >= 11 is 0. The normalized spacial score (nSPS) is 16.3. The summed E-state index contributed by atoms with van der Waals surface area (Å²) in [5, 5.41) is 4.42. The molecule has 0 fully saturated rings. The molecular formula is C26H28N4O3. The van der Waals surface area contributed by atoms with Gasteiger partial charge in [0.1, 0.15) is 6.61 Å². The number of hydrogen-bond donors (Lipinski definition) is 1. The average Bonchev–Trinajstić information content (AvgIpc) is 2.84. The second-order valence-electron chi connectivity index (χ2n) is 7.93. The molecular weight excluding hydrogens is 416 g/mol. The van der Waals surface area contributed by atoms with Gasteiger partial charge in [0.25, 0.3) is 0 Å². The lowest BCUT2D eigenvalue weighted by Crippen LogP contribution is -2.22. The smallest absolute Gasteiger partial charge is 0.305 e. The van der Waals surface area contributed by atoms with Gasteiger partial charge in [0, 0.05) is 24.6 Å². The van der Waals surface area contributed by atoms with Crippen LogP contribution in [-0.4, -0.2) is 34.9 Å². The standard InChI is InChI=1S/C26H28N4O3/c1-2-32-25(31)13-8-14-33-30-24-16-19(15-23-22(24)17-28-26(27)29-23)21-12-7-6-11-20(21)18-9-4-3-5-10-18/h3-7,9-12,17,19H,2,8,13-16H2,1H3,(H2,27,28,29)/b30-24+. The molecule has 170 valence electrons. The van der Waals surface area contributed by atoms with Crippen LogP contribution in [0.3, 0.4) is 0 Å². The fraction of sp³-hybridized carbons (Fsp3) is 0.308. The molecule has 0 saturated heterocycles. The number of benzene rings is 2. The largest absolute Gasteiger partial charge is 0.466 e. The summed E-state index contributed by atoms with van der Waals surface area (Å²) in [4.78, 5) is 25.8. The van der Waals surface area contributed by atoms with E-state index in [-0.39, 0.29) is 17.8 Å². The second-order valence-corrected chi connectivity index (χ2v) is 7.93. The van der Waals surface area contributed by atoms with E-state index in [9.17, 15) is 4.79 Å². The third kappa shape index (κ3) is 5.55. The third-order valence-electron chi connectivity index (χ3n) is 5.66. The van der Waals surface area contributed by atoms with E-state index in [1.807, 2.05) is 18.2 Å². The molecule has 7 nitrogen and oxygen atoms in total. The van der Waals surface area contributed by atoms with Crippen molar-refractivity contribution < 1.29 is 14.4 Å². The van der Waals surface area contributed by atoms with Gasteiger partial charge in [0.15, 0.2) is 0 Å². The van der Waals surface area contributed by atoms with Crippen molar-refractivity contribution in [2.45, 2.75) is 38.5 Å². The van der Waals surface area contributed by atoms with Crippen LogP contribution in [0.15, 0.2) is 65.9 Å². The average molecular weight is 445 g/mol. The highest BCUT2D eigenvalue weighted by Gasteiger charge is 2.28. The monoisotopic (exact) mass is 444 g/mol. The van der Waals surface area contributed by atoms with Crippen LogP contribution in [-0.2, 0) is 20.8 Å². The lowest BCUT2D eigenvalue weighted by molar-refractivity contribution is -0.143. The van der Waals surface area contributed by atoms with Crippen LogP contribution in [0.25, 0.3) is 11.1 Å². The van der Waals surface area contributed by atoms with E-state index < -0.39 is 0 Å². The van der Waals surface area contributed by atoms with Gasteiger partial charge in [-0.25, -0.2) is 9.97 Å². The predicted molar refractivity (Wildman–Crippen MR) is 128 cm³/mol. The van der Waals surface area contributed by atoms with E-state index in [1.54, 1.807) is 13.1 Å². The maximum atomic E-state index is 11.5. The number of nitrogens with two attached hydrogens (primary N) is 1. The Hall–Kier alpha value is -3.74. The van der Waals surface area contributed by atoms with E-state index in [0.29, 0.717) is 32.5 Å². The second kappa shape index (κ2) is 10.7. The molecule has 4 rings (SSSR count). The number of oxime groups is 1. The summed E-state index contributed by atoms with van der Waals surface area (Å²) in [6.45, 7) is 2.51. The maximum absolute atomic E-state index is 11.5. The Bertz CT molecular complexity index is 1130. The summed E-state index contributed by atoms with van der Waals surface area (Å²) in [5.74, 6) is 0.198. The van der Waals surface area contributed by atoms with Gasteiger partial charge in [-0.2, -0.15) is 0 Å². The van der Waals surface area contributed by atoms with Crippen molar-refractivity contribution in [3.8, 4) is 11.1 Å². The fourth-order valence-corrected chi connectivity index (χ4v) is 4.16. The summed E-state index contributed by atoms with van der Waals surface area (Å²) < 4.78 is 4.95. The number of hydrogen-bond acceptors (Lipinski definition) is 7. The van der Waals surface area contributed by atoms with Crippen molar-refractivity contribution in [1.82, 2.24) is 9.97 Å². The molecule has 1 heterocycles. The first-order chi connectivity index (χ1) is 16.2. The number of rotatable bonds is 8. The Balaban J connectivity index is 1.57. The van der Waals surface area contributed by atoms with Crippen molar-refractivity contribution in [3.05, 3.63) is 77.6 Å². The molecule has 0 radical (unpaired) electrons. The Labute approximate surface area is 193 Å². The molecule has 3 aromatic rings. The van der Waals surface area contributed by atoms with Gasteiger partial charge in [-0.3, -0.25) is 4.79 Å². The quantitative estimate of drug-likeness (QED) is 0.311. The van der Waals surface area contributed by atoms with Gasteiger partial charge in [-0.05, 0) is 42.4 Å². The molecule has 0 spiro atoms. The zero-order chi connectivity index (χ0) is 23.0. The van der Waals surface area contributed by atoms with Crippen LogP contribution in [0.4, 0.5) is 5.95 Å². The zero-order valence-electron chi connectivity index (χ0n) is 18.7. The minimum Gasteiger partial charge on any atom is -0.466 e. The van der Waals surface area contributed by atoms with Crippen LogP contribution in [0.2, 0.25) is 0 Å². The highest BCUT2D eigenvalue weighted by Crippen LogP contribution is 2.37. The number of nitrogens with zero attached hydrogens (tertiary/aromatic N) is 3. The summed E-state index contributed by atoms with van der Waals surface area (Å²) in [7, 11) is 0. The van der Waals surface area contributed by atoms with Crippen LogP contribution >= 0.6 is 0 Å². The fourth-order valence-electron chi connectivity index (χ4n) is 4.16. The Kier molecular flexibility index (Phi) is 7.29. The van der Waals surface area contributed by atoms with Crippen molar-refractivity contribution in [2.75, 3.05) is 18.9 Å². The van der Waals surface area contributed by atoms with Gasteiger partial charge in [0.2, 0.25) is 5.95 Å². The van der Waals surface area contributed by atoms with Crippen LogP contribution in [0.1, 0.15) is 48.9 Å². The molecule has 2 N–H and O–H groups in total. The van der Waals surface area contributed by atoms with Gasteiger partial charge in [-0.15, -0.1) is 0 Å². The molecule has 2 aromatic carbocycles. The molecule has 33 heavy (non-hydrogen) atoms. The number of carbonyl (C=O) groups excluding carboxylic acids is 1. The van der Waals surface area contributed by atoms with Crippen molar-refractivity contribution in [1.29, 1.82) is 0 Å². The van der Waals surface area contributed by atoms with Crippen LogP contribution in [0.5, 0.6) is 0 Å². The molecule has 7 heteroatoms. The minimum absolute atomic E-state index is 0.171. The van der Waals surface area contributed by atoms with Gasteiger partial charge in [-0.1, -0.05) is 59.8 Å². The molecule has 1 atom stereocenters. The molecule has 0 amide bonds. The number of esters is 1. The number of anilines is 1. The Morgan fingerprint density at radius 3 is 2.70 bits per heavy atom. The number of ether oxygens (including phenoxy) is 1. The topological polar surface area (TPSA) is 99.7 Å². The molecule has 1 unspecified atom stereocenters. The zero-order valence-corrected chi connectivity index (χ0v) is 18.7. The Morgan fingerprint density at radius 2 is 1.88 bits per heavy atom. The molecule has 0 aliphatic heterocycles. The third-order valence-corrected chi connectivity index (χ3v) is 5.66. The van der Waals surface area contributed by atoms with Crippen molar-refractivity contribution in [3.63, 3.8) is 0 Å². The first-order valence-corrected chi connectivity index (χ1v) is 11.3. The van der Waals surface area contributed by atoms with E-state index >= 15 is 0 Å². The van der Waals surface area contributed by atoms with Gasteiger partial charge < -0.3 is 15.3 Å². The summed E-state index contributed by atoms with van der Waals surface area (Å²) in [6, 6.07) is 18.8. The first kappa shape index (κ1) is 22.5. The maximum Gasteiger partial charge on any atom is 0.305 e. The molecule has 1 aromatic heterocycles. The van der Waals surface area contributed by atoms with Crippen molar-refractivity contribution >= 4 is 17.6 Å². The van der Waals surface area contributed by atoms with E-state index in [0.717, 1.165) is 23.4 Å². The summed E-state index contributed by atoms with van der Waals surface area (Å²) in [5.41, 5.74) is 12.0. The van der Waals surface area contributed by atoms with E-state index in [1.165, 1.54) is 16.7 Å². The molecule has 0 saturated carbocycles. The lowest BCUT2D eigenvalue weighted by atomic mass is 9.79. The number of carbonyl (C=O) groups is 1. The minimum atomic E-state index is -0.224. The van der Waals surface area contributed by atoms with Crippen molar-refractivity contribution in [2.24, 2.45) is 5.16 Å². The first-order valence-electron chi connectivity index (χ1n) is 11.3. The lowest BCUT2D eigenvalue weighted by Gasteiger charge is -2.27. The number of fused-ring (bicyclic) bond motifs is 1. The number of nitrogen functional groups attached to an aromatic ring is 1. The number of aromatic nitrogens is 2. The molecule has 1 aliphatic carbocycles. The highest BCUT2D eigenvalue weighted by atomic mass is 16.6. The van der Waals surface area contributed by atoms with E-state index in [4.69, 9.17) is 15.3 Å². The summed E-state index contributed by atoms with van der Waals surface area (Å²) in [6.07, 6.45) is 4.01. The van der Waals surface area contributed by atoms with E-state index in [2.05, 4.69) is 51.5 Å². The predicted octanol–water partition coefficient (Wildman–Crippen LogP) is 4.52. The molecule has 0 bridgehead atoms. The highest BCUT2D eigenvalue weighted by molar-refractivity contribution is 6.02. The van der Waals surface area contributed by atoms with Crippen LogP contribution < -0.4 is 5.73 Å². The molecule has 1 aliphatic rings.